The van der Waals surface area contributed by atoms with Gasteiger partial charge in [0.05, 0.1) is 0 Å². The first kappa shape index (κ1) is 14.0. The third kappa shape index (κ3) is 4.36. The Labute approximate surface area is 103 Å². The largest absolute Gasteiger partial charge is 0.461 e. The van der Waals surface area contributed by atoms with Gasteiger partial charge in [0.15, 0.2) is 0 Å². The van der Waals surface area contributed by atoms with Crippen molar-refractivity contribution in [1.82, 2.24) is 5.32 Å². The zero-order valence-electron chi connectivity index (χ0n) is 11.2. The van der Waals surface area contributed by atoms with Crippen molar-refractivity contribution >= 4 is 11.9 Å². The third-order valence-electron chi connectivity index (χ3n) is 3.24. The van der Waals surface area contributed by atoms with Gasteiger partial charge in [0, 0.05) is 6.92 Å². The molecule has 0 heterocycles. The van der Waals surface area contributed by atoms with E-state index in [1.54, 1.807) is 13.8 Å². The molecule has 0 saturated heterocycles. The van der Waals surface area contributed by atoms with E-state index < -0.39 is 5.54 Å². The van der Waals surface area contributed by atoms with Crippen molar-refractivity contribution in [2.45, 2.75) is 65.0 Å². The van der Waals surface area contributed by atoms with Crippen LogP contribution in [0.1, 0.15) is 53.4 Å². The van der Waals surface area contributed by atoms with Gasteiger partial charge in [-0.1, -0.05) is 6.92 Å². The van der Waals surface area contributed by atoms with Crippen LogP contribution in [0, 0.1) is 5.92 Å². The highest BCUT2D eigenvalue weighted by Gasteiger charge is 2.33. The van der Waals surface area contributed by atoms with E-state index in [4.69, 9.17) is 4.74 Å². The van der Waals surface area contributed by atoms with Gasteiger partial charge in [0.2, 0.25) is 5.91 Å². The van der Waals surface area contributed by atoms with Gasteiger partial charge in [0.1, 0.15) is 11.6 Å². The summed E-state index contributed by atoms with van der Waals surface area (Å²) in [5.74, 6) is 0.171. The number of ether oxygens (including phenoxy) is 1. The van der Waals surface area contributed by atoms with Crippen molar-refractivity contribution in [1.29, 1.82) is 0 Å². The van der Waals surface area contributed by atoms with Crippen LogP contribution in [0.5, 0.6) is 0 Å². The van der Waals surface area contributed by atoms with Crippen molar-refractivity contribution in [3.05, 3.63) is 0 Å². The lowest BCUT2D eigenvalue weighted by atomic mass is 9.89. The van der Waals surface area contributed by atoms with E-state index in [1.165, 1.54) is 6.92 Å². The van der Waals surface area contributed by atoms with Crippen LogP contribution in [-0.2, 0) is 14.3 Å². The molecule has 4 nitrogen and oxygen atoms in total. The number of esters is 1. The SMILES string of the molecule is CC(=O)NC(C)(C)C(=O)OC1CCC(C)CC1. The highest BCUT2D eigenvalue weighted by molar-refractivity contribution is 5.86. The summed E-state index contributed by atoms with van der Waals surface area (Å²) >= 11 is 0. The van der Waals surface area contributed by atoms with Gasteiger partial charge in [-0.25, -0.2) is 4.79 Å². The van der Waals surface area contributed by atoms with Crippen LogP contribution < -0.4 is 5.32 Å². The average molecular weight is 241 g/mol. The second kappa shape index (κ2) is 5.52. The zero-order valence-corrected chi connectivity index (χ0v) is 11.2. The minimum Gasteiger partial charge on any atom is -0.461 e. The first-order valence-corrected chi connectivity index (χ1v) is 6.31. The van der Waals surface area contributed by atoms with Crippen LogP contribution in [0.2, 0.25) is 0 Å². The number of hydrogen-bond donors (Lipinski definition) is 1. The van der Waals surface area contributed by atoms with Crippen molar-refractivity contribution in [3.8, 4) is 0 Å². The van der Waals surface area contributed by atoms with E-state index in [0.717, 1.165) is 31.6 Å². The molecule has 1 fully saturated rings. The molecule has 0 aromatic carbocycles. The second-order valence-corrected chi connectivity index (χ2v) is 5.59. The molecule has 1 aliphatic rings. The molecule has 0 unspecified atom stereocenters. The Morgan fingerprint density at radius 2 is 1.71 bits per heavy atom. The summed E-state index contributed by atoms with van der Waals surface area (Å²) in [6.45, 7) is 6.96. The van der Waals surface area contributed by atoms with Gasteiger partial charge in [-0.05, 0) is 45.4 Å². The quantitative estimate of drug-likeness (QED) is 0.769. The van der Waals surface area contributed by atoms with E-state index in [9.17, 15) is 9.59 Å². The maximum atomic E-state index is 11.9. The molecule has 1 amide bonds. The summed E-state index contributed by atoms with van der Waals surface area (Å²) in [5.41, 5.74) is -0.936. The van der Waals surface area contributed by atoms with E-state index >= 15 is 0 Å². The summed E-state index contributed by atoms with van der Waals surface area (Å²) in [7, 11) is 0. The van der Waals surface area contributed by atoms with Gasteiger partial charge >= 0.3 is 5.97 Å². The maximum Gasteiger partial charge on any atom is 0.331 e. The average Bonchev–Trinajstić information content (AvgIpc) is 2.19. The molecular weight excluding hydrogens is 218 g/mol. The molecule has 0 aliphatic heterocycles. The van der Waals surface area contributed by atoms with Gasteiger partial charge in [0.25, 0.3) is 0 Å². The number of hydrogen-bond acceptors (Lipinski definition) is 3. The van der Waals surface area contributed by atoms with E-state index in [0.29, 0.717) is 0 Å². The molecule has 1 rings (SSSR count). The molecule has 1 saturated carbocycles. The van der Waals surface area contributed by atoms with Crippen molar-refractivity contribution in [3.63, 3.8) is 0 Å². The van der Waals surface area contributed by atoms with Crippen molar-refractivity contribution in [2.24, 2.45) is 5.92 Å². The third-order valence-corrected chi connectivity index (χ3v) is 3.24. The minimum absolute atomic E-state index is 0.0201. The van der Waals surface area contributed by atoms with Crippen LogP contribution >= 0.6 is 0 Å². The summed E-state index contributed by atoms with van der Waals surface area (Å²) in [6.07, 6.45) is 4.11. The molecule has 0 spiro atoms. The summed E-state index contributed by atoms with van der Waals surface area (Å²) in [5, 5.41) is 2.60. The Kier molecular flexibility index (Phi) is 4.54. The molecule has 0 aromatic rings. The Balaban J connectivity index is 2.45. The molecule has 17 heavy (non-hydrogen) atoms. The fraction of sp³-hybridized carbons (Fsp3) is 0.846. The summed E-state index contributed by atoms with van der Waals surface area (Å²) < 4.78 is 5.45. The number of carbonyl (C=O) groups excluding carboxylic acids is 2. The molecular formula is C13H23NO3. The summed E-state index contributed by atoms with van der Waals surface area (Å²) in [6, 6.07) is 0. The van der Waals surface area contributed by atoms with Crippen LogP contribution in [-0.4, -0.2) is 23.5 Å². The van der Waals surface area contributed by atoms with Crippen molar-refractivity contribution < 1.29 is 14.3 Å². The van der Waals surface area contributed by atoms with Crippen molar-refractivity contribution in [2.75, 3.05) is 0 Å². The van der Waals surface area contributed by atoms with Gasteiger partial charge in [-0.2, -0.15) is 0 Å². The highest BCUT2D eigenvalue weighted by Crippen LogP contribution is 2.26. The Bertz CT molecular complexity index is 291. The fourth-order valence-electron chi connectivity index (χ4n) is 2.14. The van der Waals surface area contributed by atoms with Crippen LogP contribution in [0.3, 0.4) is 0 Å². The molecule has 0 atom stereocenters. The van der Waals surface area contributed by atoms with Crippen LogP contribution in [0.15, 0.2) is 0 Å². The molecule has 1 N–H and O–H groups in total. The minimum atomic E-state index is -0.936. The summed E-state index contributed by atoms with van der Waals surface area (Å²) in [4.78, 5) is 22.9. The van der Waals surface area contributed by atoms with Crippen LogP contribution in [0.25, 0.3) is 0 Å². The Morgan fingerprint density at radius 3 is 2.18 bits per heavy atom. The lowest BCUT2D eigenvalue weighted by Crippen LogP contribution is -2.50. The molecule has 98 valence electrons. The molecule has 0 aromatic heterocycles. The lowest BCUT2D eigenvalue weighted by Gasteiger charge is -2.30. The monoisotopic (exact) mass is 241 g/mol. The topological polar surface area (TPSA) is 55.4 Å². The van der Waals surface area contributed by atoms with Crippen LogP contribution in [0.4, 0.5) is 0 Å². The predicted octanol–water partition coefficient (Wildman–Crippen LogP) is 2.02. The zero-order chi connectivity index (χ0) is 13.1. The molecule has 4 heteroatoms. The number of carbonyl (C=O) groups is 2. The Morgan fingerprint density at radius 1 is 1.18 bits per heavy atom. The fourth-order valence-corrected chi connectivity index (χ4v) is 2.14. The van der Waals surface area contributed by atoms with E-state index in [-0.39, 0.29) is 18.0 Å². The van der Waals surface area contributed by atoms with E-state index in [1.807, 2.05) is 0 Å². The standard InChI is InChI=1S/C13H23NO3/c1-9-5-7-11(8-6-9)17-12(16)13(3,4)14-10(2)15/h9,11H,5-8H2,1-4H3,(H,14,15). The smallest absolute Gasteiger partial charge is 0.331 e. The number of rotatable bonds is 3. The number of nitrogens with one attached hydrogen (secondary N) is 1. The normalized spacial score (nSPS) is 25.2. The molecule has 1 aliphatic carbocycles. The second-order valence-electron chi connectivity index (χ2n) is 5.59. The van der Waals surface area contributed by atoms with Gasteiger partial charge in [-0.3, -0.25) is 4.79 Å². The van der Waals surface area contributed by atoms with Gasteiger partial charge in [-0.15, -0.1) is 0 Å². The van der Waals surface area contributed by atoms with Gasteiger partial charge < -0.3 is 10.1 Å². The number of amides is 1. The first-order chi connectivity index (χ1) is 7.81. The predicted molar refractivity (Wildman–Crippen MR) is 65.4 cm³/mol. The highest BCUT2D eigenvalue weighted by atomic mass is 16.5. The first-order valence-electron chi connectivity index (χ1n) is 6.31. The maximum absolute atomic E-state index is 11.9. The lowest BCUT2D eigenvalue weighted by molar-refractivity contribution is -0.159. The molecule has 0 bridgehead atoms. The Hall–Kier alpha value is -1.06. The van der Waals surface area contributed by atoms with E-state index in [2.05, 4.69) is 12.2 Å². The molecule has 0 radical (unpaired) electrons.